The molecule has 1 nitrogen and oxygen atoms in total. The molecule has 0 spiro atoms. The molecular formula is C7H5ClF3N. The average Bonchev–Trinajstić information content (AvgIpc) is 1.92. The van der Waals surface area contributed by atoms with Crippen molar-refractivity contribution in [1.82, 2.24) is 4.98 Å². The second-order valence-corrected chi connectivity index (χ2v) is 2.72. The van der Waals surface area contributed by atoms with E-state index in [0.717, 1.165) is 12.3 Å². The molecule has 0 amide bonds. The van der Waals surface area contributed by atoms with Gasteiger partial charge in [0, 0.05) is 11.2 Å². The van der Waals surface area contributed by atoms with Crippen molar-refractivity contribution in [2.24, 2.45) is 0 Å². The summed E-state index contributed by atoms with van der Waals surface area (Å²) >= 11 is 5.48. The van der Waals surface area contributed by atoms with E-state index < -0.39 is 11.9 Å². The number of aromatic nitrogens is 1. The molecule has 0 aliphatic rings. The molecule has 12 heavy (non-hydrogen) atoms. The van der Waals surface area contributed by atoms with Crippen molar-refractivity contribution in [2.45, 2.75) is 13.1 Å². The van der Waals surface area contributed by atoms with Gasteiger partial charge >= 0.3 is 6.18 Å². The van der Waals surface area contributed by atoms with E-state index in [1.54, 1.807) is 6.92 Å². The maximum atomic E-state index is 12.0. The smallest absolute Gasteiger partial charge is 0.251 e. The number of halogens is 4. The van der Waals surface area contributed by atoms with Gasteiger partial charge in [-0.25, -0.2) is 0 Å². The molecule has 0 radical (unpaired) electrons. The van der Waals surface area contributed by atoms with Crippen molar-refractivity contribution in [3.63, 3.8) is 0 Å². The molecule has 0 bridgehead atoms. The fraction of sp³-hybridized carbons (Fsp3) is 0.286. The number of nitrogens with zero attached hydrogens (tertiary/aromatic N) is 1. The van der Waals surface area contributed by atoms with E-state index in [0.29, 0.717) is 5.56 Å². The normalized spacial score (nSPS) is 11.8. The van der Waals surface area contributed by atoms with Crippen molar-refractivity contribution in [3.8, 4) is 0 Å². The first-order valence-corrected chi connectivity index (χ1v) is 3.48. The summed E-state index contributed by atoms with van der Waals surface area (Å²) in [5, 5.41) is 0.0809. The van der Waals surface area contributed by atoms with Gasteiger partial charge < -0.3 is 0 Å². The zero-order chi connectivity index (χ0) is 9.35. The third-order valence-electron chi connectivity index (χ3n) is 1.33. The van der Waals surface area contributed by atoms with Crippen molar-refractivity contribution in [1.29, 1.82) is 0 Å². The fourth-order valence-electron chi connectivity index (χ4n) is 0.654. The molecule has 0 atom stereocenters. The van der Waals surface area contributed by atoms with Gasteiger partial charge in [0.05, 0.1) is 0 Å². The Morgan fingerprint density at radius 3 is 2.42 bits per heavy atom. The molecule has 0 aromatic carbocycles. The molecule has 1 rings (SSSR count). The summed E-state index contributed by atoms with van der Waals surface area (Å²) in [7, 11) is 0. The lowest BCUT2D eigenvalue weighted by Crippen LogP contribution is -2.07. The van der Waals surface area contributed by atoms with Gasteiger partial charge in [0.2, 0.25) is 0 Å². The number of hydrogen-bond donors (Lipinski definition) is 0. The highest BCUT2D eigenvalue weighted by Gasteiger charge is 2.32. The van der Waals surface area contributed by atoms with Gasteiger partial charge in [-0.15, -0.1) is 0 Å². The van der Waals surface area contributed by atoms with Crippen LogP contribution in [-0.2, 0) is 6.18 Å². The first kappa shape index (κ1) is 9.32. The molecule has 0 aliphatic carbocycles. The third-order valence-corrected chi connectivity index (χ3v) is 1.74. The SMILES string of the molecule is Cc1cnc(C(F)(F)F)cc1Cl. The van der Waals surface area contributed by atoms with Crippen LogP contribution in [0.2, 0.25) is 5.02 Å². The monoisotopic (exact) mass is 195 g/mol. The number of hydrogen-bond acceptors (Lipinski definition) is 1. The van der Waals surface area contributed by atoms with Gasteiger partial charge in [0.15, 0.2) is 0 Å². The average molecular weight is 196 g/mol. The molecule has 0 aliphatic heterocycles. The summed E-state index contributed by atoms with van der Waals surface area (Å²) in [6.45, 7) is 1.59. The maximum Gasteiger partial charge on any atom is 0.433 e. The van der Waals surface area contributed by atoms with Crippen LogP contribution < -0.4 is 0 Å². The van der Waals surface area contributed by atoms with Crippen LogP contribution in [-0.4, -0.2) is 4.98 Å². The minimum atomic E-state index is -4.42. The van der Waals surface area contributed by atoms with E-state index in [4.69, 9.17) is 11.6 Å². The van der Waals surface area contributed by atoms with Crippen molar-refractivity contribution >= 4 is 11.6 Å². The van der Waals surface area contributed by atoms with E-state index in [9.17, 15) is 13.2 Å². The van der Waals surface area contributed by atoms with E-state index >= 15 is 0 Å². The second-order valence-electron chi connectivity index (χ2n) is 2.32. The van der Waals surface area contributed by atoms with E-state index in [2.05, 4.69) is 4.98 Å². The zero-order valence-electron chi connectivity index (χ0n) is 6.11. The van der Waals surface area contributed by atoms with Gasteiger partial charge in [-0.2, -0.15) is 13.2 Å². The van der Waals surface area contributed by atoms with Crippen LogP contribution >= 0.6 is 11.6 Å². The summed E-state index contributed by atoms with van der Waals surface area (Å²) in [5.74, 6) is 0. The molecule has 0 N–H and O–H groups in total. The summed E-state index contributed by atoms with van der Waals surface area (Å²) in [6.07, 6.45) is -3.32. The Kier molecular flexibility index (Phi) is 2.28. The van der Waals surface area contributed by atoms with Crippen molar-refractivity contribution < 1.29 is 13.2 Å². The second kappa shape index (κ2) is 2.94. The Labute approximate surface area is 72.2 Å². The van der Waals surface area contributed by atoms with Gasteiger partial charge in [-0.3, -0.25) is 4.98 Å². The highest BCUT2D eigenvalue weighted by molar-refractivity contribution is 6.31. The van der Waals surface area contributed by atoms with Gasteiger partial charge in [0.1, 0.15) is 5.69 Å². The maximum absolute atomic E-state index is 12.0. The Morgan fingerprint density at radius 1 is 1.42 bits per heavy atom. The van der Waals surface area contributed by atoms with E-state index in [1.807, 2.05) is 0 Å². The lowest BCUT2D eigenvalue weighted by atomic mass is 10.3. The van der Waals surface area contributed by atoms with Gasteiger partial charge in [-0.05, 0) is 18.6 Å². The van der Waals surface area contributed by atoms with Crippen LogP contribution in [0.4, 0.5) is 13.2 Å². The minimum Gasteiger partial charge on any atom is -0.251 e. The number of rotatable bonds is 0. The number of aryl methyl sites for hydroxylation is 1. The summed E-state index contributed by atoms with van der Waals surface area (Å²) < 4.78 is 35.9. The molecule has 1 aromatic rings. The molecule has 1 aromatic heterocycles. The highest BCUT2D eigenvalue weighted by Crippen LogP contribution is 2.29. The zero-order valence-corrected chi connectivity index (χ0v) is 6.87. The largest absolute Gasteiger partial charge is 0.433 e. The molecule has 1 heterocycles. The quantitative estimate of drug-likeness (QED) is 0.620. The Balaban J connectivity index is 3.14. The molecular weight excluding hydrogens is 191 g/mol. The van der Waals surface area contributed by atoms with Crippen LogP contribution in [0.25, 0.3) is 0 Å². The molecule has 0 saturated heterocycles. The summed E-state index contributed by atoms with van der Waals surface area (Å²) in [4.78, 5) is 3.20. The predicted octanol–water partition coefficient (Wildman–Crippen LogP) is 3.06. The van der Waals surface area contributed by atoms with Crippen LogP contribution in [0.1, 0.15) is 11.3 Å². The van der Waals surface area contributed by atoms with E-state index in [-0.39, 0.29) is 5.02 Å². The number of alkyl halides is 3. The Hall–Kier alpha value is -0.770. The highest BCUT2D eigenvalue weighted by atomic mass is 35.5. The van der Waals surface area contributed by atoms with Crippen LogP contribution in [0, 0.1) is 6.92 Å². The summed E-state index contributed by atoms with van der Waals surface area (Å²) in [5.41, 5.74) is -0.428. The van der Waals surface area contributed by atoms with E-state index in [1.165, 1.54) is 0 Å². The van der Waals surface area contributed by atoms with Gasteiger partial charge in [0.25, 0.3) is 0 Å². The standard InChI is InChI=1S/C7H5ClF3N/c1-4-3-12-6(2-5(4)8)7(9,10)11/h2-3H,1H3. The van der Waals surface area contributed by atoms with Crippen LogP contribution in [0.5, 0.6) is 0 Å². The Bertz CT molecular complexity index is 295. The molecule has 0 fully saturated rings. The molecule has 66 valence electrons. The van der Waals surface area contributed by atoms with Crippen molar-refractivity contribution in [3.05, 3.63) is 28.5 Å². The molecule has 0 unspecified atom stereocenters. The third kappa shape index (κ3) is 1.88. The fourth-order valence-corrected chi connectivity index (χ4v) is 0.806. The predicted molar refractivity (Wildman–Crippen MR) is 39.0 cm³/mol. The first-order valence-electron chi connectivity index (χ1n) is 3.10. The summed E-state index contributed by atoms with van der Waals surface area (Å²) in [6, 6.07) is 0.816. The van der Waals surface area contributed by atoms with Crippen LogP contribution in [0.15, 0.2) is 12.3 Å². The lowest BCUT2D eigenvalue weighted by Gasteiger charge is -2.05. The topological polar surface area (TPSA) is 12.9 Å². The van der Waals surface area contributed by atoms with Crippen molar-refractivity contribution in [2.75, 3.05) is 0 Å². The first-order chi connectivity index (χ1) is 5.41. The molecule has 0 saturated carbocycles. The minimum absolute atomic E-state index is 0.0809. The van der Waals surface area contributed by atoms with Gasteiger partial charge in [-0.1, -0.05) is 11.6 Å². The Morgan fingerprint density at radius 2 is 2.00 bits per heavy atom. The number of pyridine rings is 1. The molecule has 5 heteroatoms. The lowest BCUT2D eigenvalue weighted by molar-refractivity contribution is -0.141. The van der Waals surface area contributed by atoms with Crippen LogP contribution in [0.3, 0.4) is 0 Å².